The third kappa shape index (κ3) is 1.70. The quantitative estimate of drug-likeness (QED) is 0.445. The van der Waals surface area contributed by atoms with E-state index in [0.29, 0.717) is 5.69 Å². The van der Waals surface area contributed by atoms with Gasteiger partial charge in [-0.1, -0.05) is 30.3 Å². The Balaban J connectivity index is 2.15. The Kier molecular flexibility index (Phi) is 2.48. The molecule has 4 rings (SSSR count). The van der Waals surface area contributed by atoms with E-state index in [4.69, 9.17) is 11.0 Å². The van der Waals surface area contributed by atoms with Crippen LogP contribution in [0.25, 0.3) is 38.0 Å². The van der Waals surface area contributed by atoms with E-state index in [-0.39, 0.29) is 0 Å². The zero-order valence-electron chi connectivity index (χ0n) is 11.1. The Morgan fingerprint density at radius 3 is 2.67 bits per heavy atom. The molecule has 0 saturated carbocycles. The van der Waals surface area contributed by atoms with E-state index in [9.17, 15) is 0 Å². The second kappa shape index (κ2) is 4.46. The van der Waals surface area contributed by atoms with Crippen LogP contribution in [0.3, 0.4) is 0 Å². The largest absolute Gasteiger partial charge is 0.457 e. The van der Waals surface area contributed by atoms with E-state index in [1.807, 2.05) is 54.6 Å². The fourth-order valence-electron chi connectivity index (χ4n) is 2.65. The van der Waals surface area contributed by atoms with Gasteiger partial charge in [-0.05, 0) is 24.3 Å². The predicted octanol–water partition coefficient (Wildman–Crippen LogP) is 5.20. The Morgan fingerprint density at radius 1 is 0.952 bits per heavy atom. The molecule has 0 spiro atoms. The van der Waals surface area contributed by atoms with Crippen LogP contribution in [0.5, 0.6) is 0 Å². The monoisotopic (exact) mass is 270 g/mol. The summed E-state index contributed by atoms with van der Waals surface area (Å²) in [6.07, 6.45) is 1.77. The Hall–Kier alpha value is -3.12. The molecule has 0 aliphatic carbocycles. The van der Waals surface area contributed by atoms with Crippen LogP contribution < -0.4 is 0 Å². The van der Waals surface area contributed by atoms with Crippen molar-refractivity contribution in [2.24, 2.45) is 0 Å². The molecule has 0 radical (unpaired) electrons. The highest BCUT2D eigenvalue weighted by molar-refractivity contribution is 6.14. The first-order valence-corrected chi connectivity index (χ1v) is 6.61. The molecule has 0 saturated heterocycles. The lowest BCUT2D eigenvalue weighted by molar-refractivity contribution is 0.670. The van der Waals surface area contributed by atoms with Crippen molar-refractivity contribution in [3.05, 3.63) is 72.2 Å². The van der Waals surface area contributed by atoms with Crippen molar-refractivity contribution < 1.29 is 4.42 Å². The summed E-state index contributed by atoms with van der Waals surface area (Å²) in [5, 5.41) is 1.83. The van der Waals surface area contributed by atoms with Gasteiger partial charge in [0.05, 0.1) is 12.3 Å². The lowest BCUT2D eigenvalue weighted by atomic mass is 10.1. The van der Waals surface area contributed by atoms with Crippen LogP contribution in [-0.4, -0.2) is 4.98 Å². The number of fused-ring (bicyclic) bond motifs is 3. The Morgan fingerprint density at radius 2 is 1.86 bits per heavy atom. The lowest BCUT2D eigenvalue weighted by Crippen LogP contribution is -1.81. The van der Waals surface area contributed by atoms with Crippen molar-refractivity contribution in [2.45, 2.75) is 0 Å². The van der Waals surface area contributed by atoms with Gasteiger partial charge in [-0.3, -0.25) is 4.98 Å². The Labute approximate surface area is 121 Å². The molecule has 0 unspecified atom stereocenters. The minimum Gasteiger partial charge on any atom is -0.457 e. The second-order valence-electron chi connectivity index (χ2n) is 4.76. The van der Waals surface area contributed by atoms with E-state index in [1.54, 1.807) is 6.20 Å². The number of benzene rings is 2. The molecule has 0 fully saturated rings. The van der Waals surface area contributed by atoms with Gasteiger partial charge in [0.25, 0.3) is 0 Å². The number of pyridine rings is 1. The molecule has 0 atom stereocenters. The van der Waals surface area contributed by atoms with E-state index >= 15 is 0 Å². The summed E-state index contributed by atoms with van der Waals surface area (Å²) in [5.74, 6) is 0. The SMILES string of the molecule is [C-]#[N+]c1cccc2oc3c(-c4ccccn4)cccc3c12. The molecule has 3 heteroatoms. The van der Waals surface area contributed by atoms with Crippen molar-refractivity contribution in [1.29, 1.82) is 0 Å². The molecule has 4 aromatic rings. The summed E-state index contributed by atoms with van der Waals surface area (Å²) in [6.45, 7) is 7.33. The molecule has 2 aromatic heterocycles. The van der Waals surface area contributed by atoms with Gasteiger partial charge in [-0.15, -0.1) is 0 Å². The molecule has 0 aliphatic rings. The number of aromatic nitrogens is 1. The first-order valence-electron chi connectivity index (χ1n) is 6.61. The van der Waals surface area contributed by atoms with E-state index in [2.05, 4.69) is 9.83 Å². The van der Waals surface area contributed by atoms with Crippen LogP contribution in [0.4, 0.5) is 5.69 Å². The van der Waals surface area contributed by atoms with Gasteiger partial charge in [0, 0.05) is 22.5 Å². The first kappa shape index (κ1) is 11.7. The van der Waals surface area contributed by atoms with Crippen LogP contribution in [0.15, 0.2) is 65.2 Å². The molecule has 98 valence electrons. The molecule has 0 N–H and O–H groups in total. The van der Waals surface area contributed by atoms with Gasteiger partial charge in [0.1, 0.15) is 11.2 Å². The third-order valence-electron chi connectivity index (χ3n) is 3.56. The van der Waals surface area contributed by atoms with Gasteiger partial charge in [-0.2, -0.15) is 0 Å². The molecule has 3 nitrogen and oxygen atoms in total. The highest BCUT2D eigenvalue weighted by atomic mass is 16.3. The van der Waals surface area contributed by atoms with E-state index in [1.165, 1.54) is 0 Å². The van der Waals surface area contributed by atoms with Gasteiger partial charge in [0.2, 0.25) is 0 Å². The van der Waals surface area contributed by atoms with Crippen molar-refractivity contribution in [1.82, 2.24) is 4.98 Å². The summed E-state index contributed by atoms with van der Waals surface area (Å²) >= 11 is 0. The topological polar surface area (TPSA) is 30.4 Å². The molecule has 2 heterocycles. The van der Waals surface area contributed by atoms with Crippen molar-refractivity contribution in [3.63, 3.8) is 0 Å². The smallest absolute Gasteiger partial charge is 0.198 e. The second-order valence-corrected chi connectivity index (χ2v) is 4.76. The maximum Gasteiger partial charge on any atom is 0.198 e. The maximum atomic E-state index is 7.33. The molecule has 21 heavy (non-hydrogen) atoms. The number of para-hydroxylation sites is 1. The van der Waals surface area contributed by atoms with Crippen molar-refractivity contribution >= 4 is 27.6 Å². The average molecular weight is 270 g/mol. The highest BCUT2D eigenvalue weighted by Gasteiger charge is 2.14. The van der Waals surface area contributed by atoms with E-state index < -0.39 is 0 Å². The number of nitrogens with zero attached hydrogens (tertiary/aromatic N) is 2. The number of hydrogen-bond acceptors (Lipinski definition) is 2. The lowest BCUT2D eigenvalue weighted by Gasteiger charge is -2.00. The molecule has 0 bridgehead atoms. The van der Waals surface area contributed by atoms with Gasteiger partial charge >= 0.3 is 0 Å². The minimum atomic E-state index is 0.615. The molecule has 0 aliphatic heterocycles. The first-order chi connectivity index (χ1) is 10.4. The van der Waals surface area contributed by atoms with Gasteiger partial charge < -0.3 is 4.42 Å². The standard InChI is InChI=1S/C18H10N2O/c1-19-15-9-5-10-16-17(15)13-7-4-6-12(18(13)21-16)14-8-2-3-11-20-14/h2-11H. The van der Waals surface area contributed by atoms with Crippen molar-refractivity contribution in [2.75, 3.05) is 0 Å². The zero-order chi connectivity index (χ0) is 14.2. The molecule has 0 amide bonds. The molecular weight excluding hydrogens is 260 g/mol. The number of hydrogen-bond donors (Lipinski definition) is 0. The number of furan rings is 1. The third-order valence-corrected chi connectivity index (χ3v) is 3.56. The summed E-state index contributed by atoms with van der Waals surface area (Å²) in [7, 11) is 0. The normalized spacial score (nSPS) is 10.8. The van der Waals surface area contributed by atoms with Crippen LogP contribution in [0, 0.1) is 6.57 Å². The average Bonchev–Trinajstić information content (AvgIpc) is 2.94. The summed E-state index contributed by atoms with van der Waals surface area (Å²) in [5.41, 5.74) is 3.94. The highest BCUT2D eigenvalue weighted by Crippen LogP contribution is 2.39. The van der Waals surface area contributed by atoms with Crippen LogP contribution in [-0.2, 0) is 0 Å². The molecular formula is C18H10N2O. The zero-order valence-corrected chi connectivity index (χ0v) is 11.1. The maximum absolute atomic E-state index is 7.33. The van der Waals surface area contributed by atoms with Crippen molar-refractivity contribution in [3.8, 4) is 11.3 Å². The minimum absolute atomic E-state index is 0.615. The fourth-order valence-corrected chi connectivity index (χ4v) is 2.65. The Bertz CT molecular complexity index is 994. The van der Waals surface area contributed by atoms with Gasteiger partial charge in [-0.25, -0.2) is 4.85 Å². The van der Waals surface area contributed by atoms with Gasteiger partial charge in [0.15, 0.2) is 5.69 Å². The summed E-state index contributed by atoms with van der Waals surface area (Å²) in [6, 6.07) is 17.3. The molecule has 2 aromatic carbocycles. The summed E-state index contributed by atoms with van der Waals surface area (Å²) < 4.78 is 6.00. The van der Waals surface area contributed by atoms with E-state index in [0.717, 1.165) is 33.2 Å². The number of rotatable bonds is 1. The van der Waals surface area contributed by atoms with Crippen LogP contribution >= 0.6 is 0 Å². The van der Waals surface area contributed by atoms with Crippen LogP contribution in [0.2, 0.25) is 0 Å². The van der Waals surface area contributed by atoms with Crippen LogP contribution in [0.1, 0.15) is 0 Å². The fraction of sp³-hybridized carbons (Fsp3) is 0. The summed E-state index contributed by atoms with van der Waals surface area (Å²) in [4.78, 5) is 7.99. The predicted molar refractivity (Wildman–Crippen MR) is 83.2 cm³/mol.